The Hall–Kier alpha value is -0.303. The van der Waals surface area contributed by atoms with Gasteiger partial charge in [-0.2, -0.15) is 0 Å². The monoisotopic (exact) mass is 98.1 g/mol. The van der Waals surface area contributed by atoms with Crippen molar-refractivity contribution in [2.24, 2.45) is 0 Å². The van der Waals surface area contributed by atoms with Gasteiger partial charge in [-0.25, -0.2) is 0 Å². The molecule has 0 aliphatic rings. The van der Waals surface area contributed by atoms with Gasteiger partial charge in [0, 0.05) is 10.2 Å². The third kappa shape index (κ3) is 3.70. The van der Waals surface area contributed by atoms with E-state index < -0.39 is 0 Å². The molecular weight excluding hydrogens is 88.1 g/mol. The van der Waals surface area contributed by atoms with E-state index in [-0.39, 0.29) is 0 Å². The van der Waals surface area contributed by atoms with Crippen LogP contribution in [0.25, 0.3) is 0 Å². The SMILES string of the molecule is CC=CC=C[SiH3]. The lowest BCUT2D eigenvalue weighted by Crippen LogP contribution is -1.46. The van der Waals surface area contributed by atoms with E-state index in [0.717, 1.165) is 0 Å². The summed E-state index contributed by atoms with van der Waals surface area (Å²) in [5, 5.41) is 0. The van der Waals surface area contributed by atoms with Gasteiger partial charge in [0.1, 0.15) is 0 Å². The Morgan fingerprint density at radius 1 is 1.33 bits per heavy atom. The number of allylic oxidation sites excluding steroid dienone is 3. The van der Waals surface area contributed by atoms with Crippen molar-refractivity contribution in [1.29, 1.82) is 0 Å². The average Bonchev–Trinajstić information content (AvgIpc) is 1.61. The molecule has 0 aromatic heterocycles. The molecule has 1 heteroatoms. The normalized spacial score (nSPS) is 12.2. The fraction of sp³-hybridized carbons (Fsp3) is 0.200. The summed E-state index contributed by atoms with van der Waals surface area (Å²) in [6.07, 6.45) is 6.12. The van der Waals surface area contributed by atoms with E-state index in [2.05, 4.69) is 11.8 Å². The summed E-state index contributed by atoms with van der Waals surface area (Å²) in [5.41, 5.74) is 2.14. The Labute approximate surface area is 42.0 Å². The largest absolute Gasteiger partial charge is 0.105 e. The standard InChI is InChI=1S/C5H10Si/c1-2-3-4-5-6/h2-5H,1,6H3. The third-order valence-electron chi connectivity index (χ3n) is 0.496. The van der Waals surface area contributed by atoms with Crippen LogP contribution in [0.15, 0.2) is 23.9 Å². The minimum Gasteiger partial charge on any atom is -0.105 e. The lowest BCUT2D eigenvalue weighted by atomic mass is 10.5. The van der Waals surface area contributed by atoms with E-state index in [9.17, 15) is 0 Å². The zero-order chi connectivity index (χ0) is 4.83. The molecule has 0 N–H and O–H groups in total. The molecule has 0 rings (SSSR count). The van der Waals surface area contributed by atoms with Crippen LogP contribution in [-0.4, -0.2) is 10.2 Å². The molecule has 0 fully saturated rings. The van der Waals surface area contributed by atoms with E-state index in [0.29, 0.717) is 0 Å². The third-order valence-corrected chi connectivity index (χ3v) is 0.881. The summed E-state index contributed by atoms with van der Waals surface area (Å²) in [5.74, 6) is 0. The van der Waals surface area contributed by atoms with Gasteiger partial charge in [-0.1, -0.05) is 18.2 Å². The minimum absolute atomic E-state index is 1.17. The molecule has 0 heterocycles. The predicted octanol–water partition coefficient (Wildman–Crippen LogP) is 0.442. The number of rotatable bonds is 1. The molecule has 0 aromatic carbocycles. The molecule has 34 valence electrons. The Kier molecular flexibility index (Phi) is 4.46. The quantitative estimate of drug-likeness (QED) is 0.330. The first kappa shape index (κ1) is 5.70. The lowest BCUT2D eigenvalue weighted by molar-refractivity contribution is 1.74. The maximum atomic E-state index is 2.14. The number of hydrogen-bond acceptors (Lipinski definition) is 0. The molecular formula is C5H10Si. The van der Waals surface area contributed by atoms with Gasteiger partial charge in [-0.15, -0.1) is 5.70 Å². The molecule has 0 unspecified atom stereocenters. The lowest BCUT2D eigenvalue weighted by Gasteiger charge is -1.62. The van der Waals surface area contributed by atoms with Crippen LogP contribution in [0.1, 0.15) is 6.92 Å². The van der Waals surface area contributed by atoms with Crippen molar-refractivity contribution in [2.75, 3.05) is 0 Å². The summed E-state index contributed by atoms with van der Waals surface area (Å²) in [4.78, 5) is 0. The van der Waals surface area contributed by atoms with Crippen LogP contribution in [0.5, 0.6) is 0 Å². The Balaban J connectivity index is 3.07. The fourth-order valence-corrected chi connectivity index (χ4v) is 0.444. The molecule has 6 heavy (non-hydrogen) atoms. The summed E-state index contributed by atoms with van der Waals surface area (Å²) in [7, 11) is 1.17. The van der Waals surface area contributed by atoms with Crippen molar-refractivity contribution in [2.45, 2.75) is 6.92 Å². The van der Waals surface area contributed by atoms with Crippen molar-refractivity contribution in [3.63, 3.8) is 0 Å². The van der Waals surface area contributed by atoms with E-state index in [1.807, 2.05) is 19.1 Å². The van der Waals surface area contributed by atoms with Gasteiger partial charge in [-0.05, 0) is 6.92 Å². The molecule has 0 amide bonds. The van der Waals surface area contributed by atoms with Crippen molar-refractivity contribution >= 4 is 10.2 Å². The first-order chi connectivity index (χ1) is 2.91. The van der Waals surface area contributed by atoms with Crippen LogP contribution in [0.3, 0.4) is 0 Å². The Bertz CT molecular complexity index is 52.3. The maximum absolute atomic E-state index is 2.14. The molecule has 0 radical (unpaired) electrons. The Morgan fingerprint density at radius 2 is 2.00 bits per heavy atom. The van der Waals surface area contributed by atoms with Gasteiger partial charge in [0.2, 0.25) is 0 Å². The van der Waals surface area contributed by atoms with Gasteiger partial charge in [0.25, 0.3) is 0 Å². The van der Waals surface area contributed by atoms with Crippen molar-refractivity contribution < 1.29 is 0 Å². The summed E-state index contributed by atoms with van der Waals surface area (Å²) in [6, 6.07) is 0. The number of hydrogen-bond donors (Lipinski definition) is 0. The molecule has 0 aliphatic carbocycles. The predicted molar refractivity (Wildman–Crippen MR) is 33.9 cm³/mol. The highest BCUT2D eigenvalue weighted by molar-refractivity contribution is 6.17. The zero-order valence-corrected chi connectivity index (χ0v) is 6.31. The van der Waals surface area contributed by atoms with Crippen LogP contribution < -0.4 is 0 Å². The van der Waals surface area contributed by atoms with Gasteiger partial charge < -0.3 is 0 Å². The molecule has 0 aromatic rings. The van der Waals surface area contributed by atoms with Crippen LogP contribution >= 0.6 is 0 Å². The van der Waals surface area contributed by atoms with Crippen LogP contribution in [-0.2, 0) is 0 Å². The van der Waals surface area contributed by atoms with Crippen LogP contribution in [0.2, 0.25) is 0 Å². The van der Waals surface area contributed by atoms with Gasteiger partial charge in [0.15, 0.2) is 0 Å². The van der Waals surface area contributed by atoms with Crippen molar-refractivity contribution in [3.05, 3.63) is 23.9 Å². The zero-order valence-electron chi connectivity index (χ0n) is 4.31. The minimum atomic E-state index is 1.17. The molecule has 0 saturated heterocycles. The first-order valence-electron chi connectivity index (χ1n) is 2.15. The van der Waals surface area contributed by atoms with E-state index >= 15 is 0 Å². The second-order valence-corrected chi connectivity index (χ2v) is 1.72. The van der Waals surface area contributed by atoms with Crippen LogP contribution in [0.4, 0.5) is 0 Å². The van der Waals surface area contributed by atoms with E-state index in [1.165, 1.54) is 10.2 Å². The second-order valence-electron chi connectivity index (χ2n) is 1.05. The molecule has 0 atom stereocenters. The highest BCUT2D eigenvalue weighted by Gasteiger charge is 1.48. The molecule has 0 nitrogen and oxygen atoms in total. The summed E-state index contributed by atoms with van der Waals surface area (Å²) < 4.78 is 0. The van der Waals surface area contributed by atoms with E-state index in [1.54, 1.807) is 0 Å². The summed E-state index contributed by atoms with van der Waals surface area (Å²) >= 11 is 0. The van der Waals surface area contributed by atoms with Gasteiger partial charge in [-0.3, -0.25) is 0 Å². The molecule has 0 aliphatic heterocycles. The highest BCUT2D eigenvalue weighted by Crippen LogP contribution is 1.68. The van der Waals surface area contributed by atoms with Gasteiger partial charge in [0.05, 0.1) is 0 Å². The van der Waals surface area contributed by atoms with E-state index in [4.69, 9.17) is 0 Å². The first-order valence-corrected chi connectivity index (χ1v) is 3.31. The molecule has 0 saturated carbocycles. The fourth-order valence-electron chi connectivity index (χ4n) is 0.222. The van der Waals surface area contributed by atoms with Crippen LogP contribution in [0, 0.1) is 0 Å². The summed E-state index contributed by atoms with van der Waals surface area (Å²) in [6.45, 7) is 2.02. The second kappa shape index (κ2) is 4.70. The molecule has 0 spiro atoms. The highest BCUT2D eigenvalue weighted by atomic mass is 28.1. The maximum Gasteiger partial charge on any atom is 0.0291 e. The van der Waals surface area contributed by atoms with Gasteiger partial charge >= 0.3 is 0 Å². The average molecular weight is 98.2 g/mol. The van der Waals surface area contributed by atoms with Crippen molar-refractivity contribution in [3.8, 4) is 0 Å². The smallest absolute Gasteiger partial charge is 0.0291 e. The topological polar surface area (TPSA) is 0 Å². The van der Waals surface area contributed by atoms with Crippen molar-refractivity contribution in [1.82, 2.24) is 0 Å². The Morgan fingerprint density at radius 3 is 2.17 bits per heavy atom. The molecule has 0 bridgehead atoms.